The fourth-order valence-corrected chi connectivity index (χ4v) is 2.41. The van der Waals surface area contributed by atoms with Gasteiger partial charge in [0.2, 0.25) is 0 Å². The van der Waals surface area contributed by atoms with Crippen molar-refractivity contribution in [3.8, 4) is 0 Å². The summed E-state index contributed by atoms with van der Waals surface area (Å²) in [7, 11) is 0. The van der Waals surface area contributed by atoms with E-state index in [4.69, 9.17) is 0 Å². The maximum absolute atomic E-state index is 4.60. The number of hydrogen-bond acceptors (Lipinski definition) is 3. The molecule has 0 atom stereocenters. The zero-order valence-corrected chi connectivity index (χ0v) is 13.8. The first-order chi connectivity index (χ1) is 11.8. The Morgan fingerprint density at radius 3 is 2.83 bits per heavy atom. The maximum atomic E-state index is 4.60. The molecule has 0 spiro atoms. The highest BCUT2D eigenvalue weighted by atomic mass is 15.2. The summed E-state index contributed by atoms with van der Waals surface area (Å²) in [5.74, 6) is 0.798. The van der Waals surface area contributed by atoms with Crippen molar-refractivity contribution in [2.24, 2.45) is 4.99 Å². The van der Waals surface area contributed by atoms with Crippen LogP contribution in [0.25, 0.3) is 5.65 Å². The monoisotopic (exact) mass is 322 g/mol. The fraction of sp³-hybridized carbons (Fsp3) is 0.278. The van der Waals surface area contributed by atoms with Gasteiger partial charge < -0.3 is 15.0 Å². The van der Waals surface area contributed by atoms with Crippen LogP contribution in [0.4, 0.5) is 0 Å². The highest BCUT2D eigenvalue weighted by molar-refractivity contribution is 5.79. The number of hydrogen-bond donors (Lipinski definition) is 2. The number of guanidine groups is 1. The molecule has 0 aromatic carbocycles. The van der Waals surface area contributed by atoms with E-state index in [9.17, 15) is 0 Å². The maximum Gasteiger partial charge on any atom is 0.191 e. The number of aliphatic imine (C=N–C) groups is 1. The van der Waals surface area contributed by atoms with Crippen LogP contribution in [-0.4, -0.2) is 33.4 Å². The van der Waals surface area contributed by atoms with Gasteiger partial charge in [0.05, 0.1) is 17.9 Å². The number of imidazole rings is 1. The van der Waals surface area contributed by atoms with E-state index in [1.54, 1.807) is 6.20 Å². The largest absolute Gasteiger partial charge is 0.357 e. The van der Waals surface area contributed by atoms with Crippen LogP contribution in [0.5, 0.6) is 0 Å². The van der Waals surface area contributed by atoms with Gasteiger partial charge in [-0.15, -0.1) is 0 Å². The van der Waals surface area contributed by atoms with Gasteiger partial charge in [0, 0.05) is 38.1 Å². The zero-order valence-electron chi connectivity index (χ0n) is 13.8. The molecular weight excluding hydrogens is 300 g/mol. The van der Waals surface area contributed by atoms with Crippen LogP contribution >= 0.6 is 0 Å². The summed E-state index contributed by atoms with van der Waals surface area (Å²) in [5.41, 5.74) is 2.99. The second-order valence-corrected chi connectivity index (χ2v) is 5.39. The minimum atomic E-state index is 0.560. The van der Waals surface area contributed by atoms with E-state index in [-0.39, 0.29) is 0 Å². The zero-order chi connectivity index (χ0) is 16.6. The van der Waals surface area contributed by atoms with Crippen LogP contribution in [0.15, 0.2) is 60.0 Å². The minimum absolute atomic E-state index is 0.560. The fourth-order valence-electron chi connectivity index (χ4n) is 2.41. The smallest absolute Gasteiger partial charge is 0.191 e. The third-order valence-electron chi connectivity index (χ3n) is 3.56. The lowest BCUT2D eigenvalue weighted by molar-refractivity contribution is 0.789. The molecule has 0 unspecified atom stereocenters. The summed E-state index contributed by atoms with van der Waals surface area (Å²) in [4.78, 5) is 13.5. The average Bonchev–Trinajstić information content (AvgIpc) is 3.03. The molecule has 0 saturated carbocycles. The van der Waals surface area contributed by atoms with E-state index >= 15 is 0 Å². The van der Waals surface area contributed by atoms with Gasteiger partial charge in [-0.05, 0) is 31.2 Å². The molecule has 3 aromatic rings. The van der Waals surface area contributed by atoms with E-state index in [1.807, 2.05) is 47.0 Å². The van der Waals surface area contributed by atoms with E-state index < -0.39 is 0 Å². The van der Waals surface area contributed by atoms with Gasteiger partial charge in [0.1, 0.15) is 5.65 Å². The molecule has 124 valence electrons. The van der Waals surface area contributed by atoms with E-state index in [0.717, 1.165) is 42.5 Å². The minimum Gasteiger partial charge on any atom is -0.357 e. The van der Waals surface area contributed by atoms with Crippen LogP contribution in [0.2, 0.25) is 0 Å². The van der Waals surface area contributed by atoms with Crippen LogP contribution in [0, 0.1) is 0 Å². The molecule has 6 nitrogen and oxygen atoms in total. The van der Waals surface area contributed by atoms with Crippen LogP contribution in [-0.2, 0) is 13.0 Å². The second-order valence-electron chi connectivity index (χ2n) is 5.39. The van der Waals surface area contributed by atoms with E-state index in [2.05, 4.69) is 38.7 Å². The molecule has 0 fully saturated rings. The summed E-state index contributed by atoms with van der Waals surface area (Å²) in [6.07, 6.45) is 6.71. The Labute approximate surface area is 141 Å². The normalized spacial score (nSPS) is 11.6. The Bertz CT molecular complexity index is 760. The first kappa shape index (κ1) is 16.0. The number of nitrogens with zero attached hydrogens (tertiary/aromatic N) is 4. The van der Waals surface area contributed by atoms with Crippen molar-refractivity contribution < 1.29 is 0 Å². The van der Waals surface area contributed by atoms with Crippen molar-refractivity contribution in [1.82, 2.24) is 25.0 Å². The molecule has 24 heavy (non-hydrogen) atoms. The average molecular weight is 322 g/mol. The third kappa shape index (κ3) is 4.32. The summed E-state index contributed by atoms with van der Waals surface area (Å²) >= 11 is 0. The van der Waals surface area contributed by atoms with E-state index in [0.29, 0.717) is 6.54 Å². The lowest BCUT2D eigenvalue weighted by Crippen LogP contribution is -2.38. The summed E-state index contributed by atoms with van der Waals surface area (Å²) < 4.78 is 2.04. The third-order valence-corrected chi connectivity index (χ3v) is 3.56. The Morgan fingerprint density at radius 1 is 1.12 bits per heavy atom. The number of fused-ring (bicyclic) bond motifs is 1. The molecule has 0 aliphatic heterocycles. The predicted octanol–water partition coefficient (Wildman–Crippen LogP) is 2.03. The number of pyridine rings is 2. The molecule has 0 amide bonds. The van der Waals surface area contributed by atoms with Gasteiger partial charge in [-0.2, -0.15) is 0 Å². The molecule has 3 rings (SSSR count). The Morgan fingerprint density at radius 2 is 2.04 bits per heavy atom. The quantitative estimate of drug-likeness (QED) is 0.538. The van der Waals surface area contributed by atoms with Crippen LogP contribution < -0.4 is 10.6 Å². The first-order valence-electron chi connectivity index (χ1n) is 8.20. The summed E-state index contributed by atoms with van der Waals surface area (Å²) in [6, 6.07) is 11.9. The molecule has 3 aromatic heterocycles. The second kappa shape index (κ2) is 8.10. The number of nitrogens with one attached hydrogen (secondary N) is 2. The van der Waals surface area contributed by atoms with Gasteiger partial charge in [-0.25, -0.2) is 9.98 Å². The topological polar surface area (TPSA) is 66.6 Å². The van der Waals surface area contributed by atoms with Crippen molar-refractivity contribution >= 4 is 11.6 Å². The van der Waals surface area contributed by atoms with Crippen molar-refractivity contribution in [3.05, 3.63) is 66.4 Å². The number of aromatic nitrogens is 3. The number of rotatable bonds is 6. The highest BCUT2D eigenvalue weighted by Gasteiger charge is 2.02. The van der Waals surface area contributed by atoms with Crippen molar-refractivity contribution in [2.45, 2.75) is 19.9 Å². The first-order valence-corrected chi connectivity index (χ1v) is 8.20. The summed E-state index contributed by atoms with van der Waals surface area (Å²) in [5, 5.41) is 6.60. The van der Waals surface area contributed by atoms with Gasteiger partial charge in [-0.3, -0.25) is 4.98 Å². The molecule has 0 saturated heterocycles. The molecule has 0 aliphatic rings. The highest BCUT2D eigenvalue weighted by Crippen LogP contribution is 2.04. The standard InChI is InChI=1S/C18H22N6/c1-2-19-18(22-13-15-7-3-5-10-20-15)21-11-9-16-14-24-12-6-4-8-17(24)23-16/h3-8,10,12,14H,2,9,11,13H2,1H3,(H2,19,21,22). The Balaban J connectivity index is 1.55. The van der Waals surface area contributed by atoms with Gasteiger partial charge in [-0.1, -0.05) is 12.1 Å². The van der Waals surface area contributed by atoms with Gasteiger partial charge in [0.25, 0.3) is 0 Å². The van der Waals surface area contributed by atoms with Crippen molar-refractivity contribution in [1.29, 1.82) is 0 Å². The van der Waals surface area contributed by atoms with Crippen LogP contribution in [0.3, 0.4) is 0 Å². The lowest BCUT2D eigenvalue weighted by atomic mass is 10.3. The van der Waals surface area contributed by atoms with E-state index in [1.165, 1.54) is 0 Å². The van der Waals surface area contributed by atoms with Gasteiger partial charge in [0.15, 0.2) is 5.96 Å². The Kier molecular flexibility index (Phi) is 5.40. The predicted molar refractivity (Wildman–Crippen MR) is 96.0 cm³/mol. The molecule has 0 aliphatic carbocycles. The SMILES string of the molecule is CCNC(=NCc1ccccn1)NCCc1cn2ccccc2n1. The lowest BCUT2D eigenvalue weighted by Gasteiger charge is -2.10. The van der Waals surface area contributed by atoms with Gasteiger partial charge >= 0.3 is 0 Å². The Hall–Kier alpha value is -2.89. The molecule has 2 N–H and O–H groups in total. The molecule has 3 heterocycles. The summed E-state index contributed by atoms with van der Waals surface area (Å²) in [6.45, 7) is 4.21. The van der Waals surface area contributed by atoms with Crippen molar-refractivity contribution in [3.63, 3.8) is 0 Å². The molecular formula is C18H22N6. The molecule has 6 heteroatoms. The molecule has 0 radical (unpaired) electrons. The van der Waals surface area contributed by atoms with Crippen LogP contribution in [0.1, 0.15) is 18.3 Å². The molecule has 0 bridgehead atoms. The van der Waals surface area contributed by atoms with Crippen molar-refractivity contribution in [2.75, 3.05) is 13.1 Å².